The van der Waals surface area contributed by atoms with Crippen LogP contribution in [0.1, 0.15) is 36.8 Å². The number of aromatic nitrogens is 2. The summed E-state index contributed by atoms with van der Waals surface area (Å²) in [5.74, 6) is 0.107. The van der Waals surface area contributed by atoms with E-state index in [0.717, 1.165) is 48.7 Å². The summed E-state index contributed by atoms with van der Waals surface area (Å²) in [6, 6.07) is 9.81. The van der Waals surface area contributed by atoms with Gasteiger partial charge in [-0.05, 0) is 18.2 Å². The van der Waals surface area contributed by atoms with Crippen LogP contribution in [0.15, 0.2) is 30.3 Å². The first-order chi connectivity index (χ1) is 10.9. The van der Waals surface area contributed by atoms with Crippen LogP contribution in [0, 0.1) is 0 Å². The number of nitrogens with zero attached hydrogens (tertiary/aromatic N) is 2. The molecule has 0 unspecified atom stereocenters. The van der Waals surface area contributed by atoms with Gasteiger partial charge in [0.25, 0.3) is 5.91 Å². The van der Waals surface area contributed by atoms with Crippen molar-refractivity contribution >= 4 is 5.91 Å². The van der Waals surface area contributed by atoms with E-state index in [-0.39, 0.29) is 11.3 Å². The largest absolute Gasteiger partial charge is 0.336 e. The second kappa shape index (κ2) is 6.16. The van der Waals surface area contributed by atoms with Crippen molar-refractivity contribution in [1.29, 1.82) is 0 Å². The molecule has 1 aromatic heterocycles. The number of carbonyl (C=O) groups is 1. The highest BCUT2D eigenvalue weighted by molar-refractivity contribution is 5.94. The van der Waals surface area contributed by atoms with Gasteiger partial charge in [-0.15, -0.1) is 0 Å². The van der Waals surface area contributed by atoms with Gasteiger partial charge in [-0.1, -0.05) is 32.9 Å². The highest BCUT2D eigenvalue weighted by Gasteiger charge is 2.19. The van der Waals surface area contributed by atoms with E-state index in [4.69, 9.17) is 0 Å². The zero-order chi connectivity index (χ0) is 16.4. The fourth-order valence-corrected chi connectivity index (χ4v) is 2.69. The van der Waals surface area contributed by atoms with Crippen molar-refractivity contribution in [3.05, 3.63) is 41.6 Å². The summed E-state index contributed by atoms with van der Waals surface area (Å²) in [5, 5.41) is 10.8. The third kappa shape index (κ3) is 3.45. The SMILES string of the molecule is CC(C)(C)c1cc(-c2ccc(C(=O)N3CCNCC3)cc2)n[nH]1. The summed E-state index contributed by atoms with van der Waals surface area (Å²) in [6.45, 7) is 9.74. The van der Waals surface area contributed by atoms with Gasteiger partial charge >= 0.3 is 0 Å². The summed E-state index contributed by atoms with van der Waals surface area (Å²) in [6.07, 6.45) is 0. The van der Waals surface area contributed by atoms with Gasteiger partial charge in [-0.25, -0.2) is 0 Å². The second-order valence-corrected chi connectivity index (χ2v) is 7.04. The molecule has 2 aromatic rings. The monoisotopic (exact) mass is 312 g/mol. The zero-order valence-electron chi connectivity index (χ0n) is 14.0. The number of rotatable bonds is 2. The molecule has 0 aliphatic carbocycles. The molecule has 5 nitrogen and oxygen atoms in total. The van der Waals surface area contributed by atoms with Crippen molar-refractivity contribution in [2.75, 3.05) is 26.2 Å². The van der Waals surface area contributed by atoms with Gasteiger partial charge < -0.3 is 10.2 Å². The number of amides is 1. The van der Waals surface area contributed by atoms with Gasteiger partial charge in [0, 0.05) is 48.4 Å². The minimum Gasteiger partial charge on any atom is -0.336 e. The molecule has 2 N–H and O–H groups in total. The molecule has 1 aliphatic rings. The summed E-state index contributed by atoms with van der Waals surface area (Å²) < 4.78 is 0. The van der Waals surface area contributed by atoms with Gasteiger partial charge in [0.15, 0.2) is 0 Å². The molecule has 5 heteroatoms. The number of hydrogen-bond donors (Lipinski definition) is 2. The molecule has 0 saturated carbocycles. The van der Waals surface area contributed by atoms with Gasteiger partial charge in [0.05, 0.1) is 5.69 Å². The number of aromatic amines is 1. The predicted octanol–water partition coefficient (Wildman–Crippen LogP) is 2.42. The molecule has 23 heavy (non-hydrogen) atoms. The van der Waals surface area contributed by atoms with Crippen molar-refractivity contribution in [3.63, 3.8) is 0 Å². The number of hydrogen-bond acceptors (Lipinski definition) is 3. The van der Waals surface area contributed by atoms with Crippen molar-refractivity contribution in [3.8, 4) is 11.3 Å². The van der Waals surface area contributed by atoms with Gasteiger partial charge in [-0.3, -0.25) is 9.89 Å². The zero-order valence-corrected chi connectivity index (χ0v) is 14.0. The molecule has 2 heterocycles. The number of benzene rings is 1. The highest BCUT2D eigenvalue weighted by atomic mass is 16.2. The maximum absolute atomic E-state index is 12.5. The van der Waals surface area contributed by atoms with E-state index < -0.39 is 0 Å². The van der Waals surface area contributed by atoms with Gasteiger partial charge in [0.2, 0.25) is 0 Å². The molecule has 1 saturated heterocycles. The fraction of sp³-hybridized carbons (Fsp3) is 0.444. The Morgan fingerprint density at radius 3 is 2.35 bits per heavy atom. The summed E-state index contributed by atoms with van der Waals surface area (Å²) >= 11 is 0. The first kappa shape index (κ1) is 15.7. The lowest BCUT2D eigenvalue weighted by atomic mass is 9.92. The quantitative estimate of drug-likeness (QED) is 0.895. The normalized spacial score (nSPS) is 15.7. The van der Waals surface area contributed by atoms with Crippen LogP contribution in [0.5, 0.6) is 0 Å². The molecule has 0 atom stereocenters. The lowest BCUT2D eigenvalue weighted by Gasteiger charge is -2.27. The van der Waals surface area contributed by atoms with Crippen LogP contribution in [0.2, 0.25) is 0 Å². The Morgan fingerprint density at radius 1 is 1.13 bits per heavy atom. The van der Waals surface area contributed by atoms with E-state index in [2.05, 4.69) is 42.4 Å². The van der Waals surface area contributed by atoms with Crippen LogP contribution in [-0.2, 0) is 5.41 Å². The molecule has 1 aromatic carbocycles. The molecule has 3 rings (SSSR count). The van der Waals surface area contributed by atoms with E-state index in [0.29, 0.717) is 0 Å². The van der Waals surface area contributed by atoms with Gasteiger partial charge in [-0.2, -0.15) is 5.10 Å². The van der Waals surface area contributed by atoms with Crippen LogP contribution in [0.4, 0.5) is 0 Å². The van der Waals surface area contributed by atoms with E-state index in [1.165, 1.54) is 0 Å². The molecule has 0 radical (unpaired) electrons. The Kier molecular flexibility index (Phi) is 4.22. The molecule has 1 amide bonds. The molecule has 0 bridgehead atoms. The van der Waals surface area contributed by atoms with Crippen LogP contribution in [0.25, 0.3) is 11.3 Å². The van der Waals surface area contributed by atoms with E-state index in [9.17, 15) is 4.79 Å². The van der Waals surface area contributed by atoms with E-state index in [1.807, 2.05) is 29.2 Å². The second-order valence-electron chi connectivity index (χ2n) is 7.04. The smallest absolute Gasteiger partial charge is 0.253 e. The van der Waals surface area contributed by atoms with Gasteiger partial charge in [0.1, 0.15) is 0 Å². The summed E-state index contributed by atoms with van der Waals surface area (Å²) in [7, 11) is 0. The molecular weight excluding hydrogens is 288 g/mol. The van der Waals surface area contributed by atoms with Crippen molar-refractivity contribution in [2.24, 2.45) is 0 Å². The summed E-state index contributed by atoms with van der Waals surface area (Å²) in [4.78, 5) is 14.4. The Labute approximate surface area is 137 Å². The maximum atomic E-state index is 12.5. The van der Waals surface area contributed by atoms with Crippen LogP contribution in [-0.4, -0.2) is 47.2 Å². The number of H-pyrrole nitrogens is 1. The standard InChI is InChI=1S/C18H24N4O/c1-18(2,3)16-12-15(20-21-16)13-4-6-14(7-5-13)17(23)22-10-8-19-9-11-22/h4-7,12,19H,8-11H2,1-3H3,(H,20,21). The first-order valence-corrected chi connectivity index (χ1v) is 8.11. The Balaban J connectivity index is 1.76. The van der Waals surface area contributed by atoms with E-state index in [1.54, 1.807) is 0 Å². The fourth-order valence-electron chi connectivity index (χ4n) is 2.69. The molecular formula is C18H24N4O. The lowest BCUT2D eigenvalue weighted by Crippen LogP contribution is -2.46. The Bertz CT molecular complexity index is 676. The highest BCUT2D eigenvalue weighted by Crippen LogP contribution is 2.25. The predicted molar refractivity (Wildman–Crippen MR) is 91.5 cm³/mol. The Morgan fingerprint density at radius 2 is 1.78 bits per heavy atom. The average Bonchev–Trinajstić information content (AvgIpc) is 3.05. The van der Waals surface area contributed by atoms with Crippen LogP contribution < -0.4 is 5.32 Å². The number of carbonyl (C=O) groups excluding carboxylic acids is 1. The molecule has 1 aliphatic heterocycles. The van der Waals surface area contributed by atoms with Crippen molar-refractivity contribution in [2.45, 2.75) is 26.2 Å². The number of piperazine rings is 1. The minimum absolute atomic E-state index is 0.0451. The minimum atomic E-state index is 0.0451. The lowest BCUT2D eigenvalue weighted by molar-refractivity contribution is 0.0736. The topological polar surface area (TPSA) is 61.0 Å². The summed E-state index contributed by atoms with van der Waals surface area (Å²) in [5.41, 5.74) is 3.82. The van der Waals surface area contributed by atoms with Crippen molar-refractivity contribution < 1.29 is 4.79 Å². The van der Waals surface area contributed by atoms with E-state index >= 15 is 0 Å². The molecule has 1 fully saturated rings. The average molecular weight is 312 g/mol. The third-order valence-corrected chi connectivity index (χ3v) is 4.22. The Hall–Kier alpha value is -2.14. The number of nitrogens with one attached hydrogen (secondary N) is 2. The third-order valence-electron chi connectivity index (χ3n) is 4.22. The molecule has 122 valence electrons. The van der Waals surface area contributed by atoms with Crippen molar-refractivity contribution in [1.82, 2.24) is 20.4 Å². The maximum Gasteiger partial charge on any atom is 0.253 e. The van der Waals surface area contributed by atoms with Crippen LogP contribution >= 0.6 is 0 Å². The molecule has 0 spiro atoms. The first-order valence-electron chi connectivity index (χ1n) is 8.11. The van der Waals surface area contributed by atoms with Crippen LogP contribution in [0.3, 0.4) is 0 Å².